The van der Waals surface area contributed by atoms with Crippen LogP contribution in [0.25, 0.3) is 0 Å². The second-order valence-corrected chi connectivity index (χ2v) is 27.5. The van der Waals surface area contributed by atoms with Crippen molar-refractivity contribution in [1.29, 1.82) is 0 Å². The summed E-state index contributed by atoms with van der Waals surface area (Å²) in [6.07, 6.45) is 81.9. The third-order valence-electron chi connectivity index (χ3n) is 17.3. The molecule has 0 aromatic rings. The minimum absolute atomic E-state index is 0. The van der Waals surface area contributed by atoms with E-state index in [2.05, 4.69) is 36.1 Å². The first-order valence-corrected chi connectivity index (χ1v) is 38.9. The van der Waals surface area contributed by atoms with Crippen molar-refractivity contribution in [2.75, 3.05) is 13.2 Å². The van der Waals surface area contributed by atoms with Crippen molar-refractivity contribution in [3.63, 3.8) is 0 Å². The SMILES string of the molecule is CCCCCCCCCCCCCCCCCC(CCCCCCCCCCCCCCCC)COS(=O)(=O)[O-].CCCCCCCCCCCCCCCCCC(CCCCCCCCCCCCCCCC)COS(=O)(=O)[O-].[Ca+2]. The van der Waals surface area contributed by atoms with Gasteiger partial charge in [0.05, 0.1) is 13.2 Å². The molecular weight excluding hydrogens is 1070 g/mol. The van der Waals surface area contributed by atoms with Crippen molar-refractivity contribution < 1.29 is 34.3 Å². The van der Waals surface area contributed by atoms with Crippen molar-refractivity contribution in [3.8, 4) is 0 Å². The first kappa shape index (κ1) is 86.2. The summed E-state index contributed by atoms with van der Waals surface area (Å²) >= 11 is 0. The Morgan fingerprint density at radius 2 is 0.333 bits per heavy atom. The number of hydrogen-bond donors (Lipinski definition) is 0. The number of hydrogen-bond acceptors (Lipinski definition) is 8. The molecule has 484 valence electrons. The molecule has 0 aliphatic rings. The van der Waals surface area contributed by atoms with E-state index in [1.54, 1.807) is 0 Å². The van der Waals surface area contributed by atoms with Gasteiger partial charge >= 0.3 is 37.7 Å². The molecule has 0 aliphatic heterocycles. The Morgan fingerprint density at radius 1 is 0.222 bits per heavy atom. The first-order chi connectivity index (χ1) is 39.0. The zero-order valence-corrected chi connectivity index (χ0v) is 59.0. The predicted molar refractivity (Wildman–Crippen MR) is 353 cm³/mol. The molecule has 0 saturated heterocycles. The second-order valence-electron chi connectivity index (χ2n) is 25.4. The fraction of sp³-hybridized carbons (Fsp3) is 1.00. The third kappa shape index (κ3) is 81.0. The molecule has 0 fully saturated rings. The van der Waals surface area contributed by atoms with Crippen molar-refractivity contribution >= 4 is 58.5 Å². The fourth-order valence-electron chi connectivity index (χ4n) is 11.8. The summed E-state index contributed by atoms with van der Waals surface area (Å²) in [6.45, 7) is 9.25. The van der Waals surface area contributed by atoms with Crippen LogP contribution in [0.3, 0.4) is 0 Å². The summed E-state index contributed by atoms with van der Waals surface area (Å²) in [5.74, 6) is 0.394. The average Bonchev–Trinajstić information content (AvgIpc) is 3.43. The van der Waals surface area contributed by atoms with Gasteiger partial charge in [0.15, 0.2) is 0 Å². The van der Waals surface area contributed by atoms with Crippen LogP contribution < -0.4 is 0 Å². The zero-order valence-electron chi connectivity index (χ0n) is 55.2. The van der Waals surface area contributed by atoms with Gasteiger partial charge in [0.1, 0.15) is 0 Å². The van der Waals surface area contributed by atoms with Crippen LogP contribution in [-0.4, -0.2) is 76.9 Å². The minimum atomic E-state index is -4.59. The summed E-state index contributed by atoms with van der Waals surface area (Å²) < 4.78 is 75.1. The molecule has 0 spiro atoms. The van der Waals surface area contributed by atoms with Gasteiger partial charge in [0.25, 0.3) is 0 Å². The monoisotopic (exact) mass is 1210 g/mol. The van der Waals surface area contributed by atoms with E-state index in [4.69, 9.17) is 0 Å². The van der Waals surface area contributed by atoms with E-state index in [1.165, 1.54) is 347 Å². The van der Waals surface area contributed by atoms with Crippen molar-refractivity contribution in [3.05, 3.63) is 0 Å². The molecule has 0 rings (SSSR count). The van der Waals surface area contributed by atoms with Crippen molar-refractivity contribution in [1.82, 2.24) is 0 Å². The van der Waals surface area contributed by atoms with Crippen LogP contribution >= 0.6 is 0 Å². The molecule has 2 unspecified atom stereocenters. The minimum Gasteiger partial charge on any atom is -0.726 e. The van der Waals surface area contributed by atoms with E-state index < -0.39 is 20.8 Å². The molecule has 0 aliphatic carbocycles. The molecule has 0 aromatic carbocycles. The molecule has 2 atom stereocenters. The molecule has 0 N–H and O–H groups in total. The summed E-state index contributed by atoms with van der Waals surface area (Å²) in [4.78, 5) is 0. The fourth-order valence-corrected chi connectivity index (χ4v) is 12.6. The van der Waals surface area contributed by atoms with Gasteiger partial charge in [0.2, 0.25) is 20.8 Å². The van der Waals surface area contributed by atoms with Gasteiger partial charge in [-0.2, -0.15) is 0 Å². The van der Waals surface area contributed by atoms with Gasteiger partial charge in [0, 0.05) is 0 Å². The van der Waals surface area contributed by atoms with Crippen LogP contribution in [0.15, 0.2) is 0 Å². The maximum absolute atomic E-state index is 11.0. The van der Waals surface area contributed by atoms with Crippen LogP contribution in [0.1, 0.15) is 426 Å². The van der Waals surface area contributed by atoms with Gasteiger partial charge in [-0.1, -0.05) is 400 Å². The topological polar surface area (TPSA) is 133 Å². The number of unbranched alkanes of at least 4 members (excludes halogenated alkanes) is 54. The van der Waals surface area contributed by atoms with E-state index in [0.717, 1.165) is 51.4 Å². The molecular formula is C70H142CaO8S2. The van der Waals surface area contributed by atoms with E-state index in [0.29, 0.717) is 0 Å². The summed E-state index contributed by atoms with van der Waals surface area (Å²) in [5, 5.41) is 0. The number of rotatable bonds is 68. The van der Waals surface area contributed by atoms with E-state index in [9.17, 15) is 25.9 Å². The Morgan fingerprint density at radius 3 is 0.444 bits per heavy atom. The van der Waals surface area contributed by atoms with Gasteiger partial charge < -0.3 is 9.11 Å². The Kier molecular flexibility index (Phi) is 76.4. The Labute approximate surface area is 539 Å². The van der Waals surface area contributed by atoms with Crippen LogP contribution in [0.2, 0.25) is 0 Å². The van der Waals surface area contributed by atoms with E-state index in [-0.39, 0.29) is 62.8 Å². The van der Waals surface area contributed by atoms with Crippen LogP contribution in [0.4, 0.5) is 0 Å². The maximum Gasteiger partial charge on any atom is 2.00 e. The quantitative estimate of drug-likeness (QED) is 0.0254. The van der Waals surface area contributed by atoms with Crippen molar-refractivity contribution in [2.45, 2.75) is 426 Å². The normalized spacial score (nSPS) is 12.6. The molecule has 0 saturated carbocycles. The smallest absolute Gasteiger partial charge is 0.726 e. The van der Waals surface area contributed by atoms with Gasteiger partial charge in [-0.05, 0) is 37.5 Å². The third-order valence-corrected chi connectivity index (χ3v) is 18.1. The van der Waals surface area contributed by atoms with Crippen LogP contribution in [-0.2, 0) is 29.2 Å². The molecule has 8 nitrogen and oxygen atoms in total. The molecule has 0 amide bonds. The summed E-state index contributed by atoms with van der Waals surface area (Å²) in [7, 11) is -9.18. The molecule has 0 aromatic heterocycles. The van der Waals surface area contributed by atoms with Gasteiger partial charge in [-0.25, -0.2) is 16.8 Å². The van der Waals surface area contributed by atoms with E-state index in [1.807, 2.05) is 0 Å². The largest absolute Gasteiger partial charge is 2.00 e. The van der Waals surface area contributed by atoms with Crippen LogP contribution in [0.5, 0.6) is 0 Å². The van der Waals surface area contributed by atoms with Crippen molar-refractivity contribution in [2.24, 2.45) is 11.8 Å². The van der Waals surface area contributed by atoms with Gasteiger partial charge in [-0.15, -0.1) is 0 Å². The average molecular weight is 1220 g/mol. The standard InChI is InChI=1S/2C35H72O4S.Ca/c2*1-3-5-7-9-11-13-15-17-19-21-23-25-27-29-31-33-35(34-39-40(36,37)38)32-30-28-26-24-22-20-18-16-14-12-10-8-6-4-2;/h2*35H,3-34H2,1-2H3,(H,36,37,38);/q;;+2/p-2. The molecule has 0 bridgehead atoms. The zero-order chi connectivity index (χ0) is 58.8. The summed E-state index contributed by atoms with van der Waals surface area (Å²) in [6, 6.07) is 0. The predicted octanol–water partition coefficient (Wildman–Crippen LogP) is 24.0. The molecule has 0 heterocycles. The second kappa shape index (κ2) is 71.8. The molecule has 11 heteroatoms. The first-order valence-electron chi connectivity index (χ1n) is 36.2. The Bertz CT molecular complexity index is 1270. The Balaban J connectivity index is -0.00000148. The van der Waals surface area contributed by atoms with Crippen LogP contribution in [0, 0.1) is 11.8 Å². The Hall–Kier alpha value is 1.000. The summed E-state index contributed by atoms with van der Waals surface area (Å²) in [5.41, 5.74) is 0. The van der Waals surface area contributed by atoms with E-state index >= 15 is 0 Å². The van der Waals surface area contributed by atoms with Gasteiger partial charge in [-0.3, -0.25) is 8.37 Å². The molecule has 81 heavy (non-hydrogen) atoms. The maximum atomic E-state index is 11.0. The molecule has 0 radical (unpaired) electrons.